The average Bonchev–Trinajstić information content (AvgIpc) is 3.46. The van der Waals surface area contributed by atoms with Crippen LogP contribution in [-0.4, -0.2) is 170 Å². The number of carbonyl (C=O) groups excluding carboxylic acids is 2. The predicted octanol–water partition coefficient (Wildman–Crippen LogP) is 3.46. The molecule has 4 saturated heterocycles. The second-order valence-corrected chi connectivity index (χ2v) is 18.6. The Morgan fingerprint density at radius 3 is 2.26 bits per heavy atom. The van der Waals surface area contributed by atoms with Crippen molar-refractivity contribution in [1.82, 2.24) is 9.80 Å². The number of rotatable bonds is 11. The number of cyclic esters (lactones) is 1. The van der Waals surface area contributed by atoms with Crippen molar-refractivity contribution >= 4 is 12.1 Å². The van der Waals surface area contributed by atoms with E-state index in [1.54, 1.807) is 27.9 Å². The second-order valence-electron chi connectivity index (χ2n) is 18.6. The summed E-state index contributed by atoms with van der Waals surface area (Å²) < 4.78 is 56.8. The standard InChI is InChI=1S/C42H77N3O13/c1-15-30-42(10)35(57-39(48)58-42)27(6)45(13)22-23(2)20-40(8,49)34(56-38-32(46)29(44(11)12)19-24(3)52-38)25(4)33(26(5)37(47)54-30)55-31-21-41(9,50-14)36(28(7)53-31)51-18-16-17-43/h23-36,38,46,49H,15-22,43H2,1-14H3/t23-,24-,25+,26-,27-,28+,29+,30-,31+,32-,33+,34-,35-,36+,38+,40-,41-,42-/m1/s1. The molecule has 0 aromatic carbocycles. The van der Waals surface area contributed by atoms with E-state index >= 15 is 0 Å². The largest absolute Gasteiger partial charge is 0.509 e. The van der Waals surface area contributed by atoms with E-state index < -0.39 is 96.1 Å². The molecule has 16 nitrogen and oxygen atoms in total. The van der Waals surface area contributed by atoms with Crippen molar-refractivity contribution < 1.29 is 62.4 Å². The summed E-state index contributed by atoms with van der Waals surface area (Å²) in [6.07, 6.45) is -6.50. The number of hydrogen-bond donors (Lipinski definition) is 3. The molecule has 0 spiro atoms. The van der Waals surface area contributed by atoms with Gasteiger partial charge in [-0.3, -0.25) is 9.69 Å². The fraction of sp³-hybridized carbons (Fsp3) is 0.952. The molecule has 0 amide bonds. The lowest BCUT2D eigenvalue weighted by Gasteiger charge is -2.49. The van der Waals surface area contributed by atoms with Crippen LogP contribution in [-0.2, 0) is 47.4 Å². The molecule has 16 heteroatoms. The van der Waals surface area contributed by atoms with Crippen LogP contribution in [0.4, 0.5) is 4.79 Å². The van der Waals surface area contributed by atoms with E-state index in [1.807, 2.05) is 74.5 Å². The third-order valence-electron chi connectivity index (χ3n) is 13.3. The van der Waals surface area contributed by atoms with Crippen LogP contribution < -0.4 is 5.73 Å². The Hall–Kier alpha value is -1.70. The third kappa shape index (κ3) is 10.8. The Morgan fingerprint density at radius 1 is 0.983 bits per heavy atom. The van der Waals surface area contributed by atoms with Crippen molar-refractivity contribution in [3.63, 3.8) is 0 Å². The number of ether oxygens (including phenoxy) is 9. The SMILES string of the molecule is CC[C@H]1OC(=O)[C@H](C)[C@@H](O[C@H]2C[C@@](C)(OC)[C@@H](OCCCN)[C@H](C)O2)[C@H](C)[C@@H](O[C@@H]2O[C@H](C)C[C@H](N(C)C)[C@H]2O)[C@](C)(O)C[C@@H](C)CN(C)[C@H](C)[C@H]2OC(=O)O[C@@]21C. The first-order valence-corrected chi connectivity index (χ1v) is 21.4. The van der Waals surface area contributed by atoms with E-state index in [1.165, 1.54) is 0 Å². The zero-order valence-corrected chi connectivity index (χ0v) is 37.7. The molecule has 4 aliphatic heterocycles. The maximum atomic E-state index is 14.6. The van der Waals surface area contributed by atoms with Crippen molar-refractivity contribution in [1.29, 1.82) is 0 Å². The number of nitrogens with zero attached hydrogens (tertiary/aromatic N) is 2. The molecule has 4 heterocycles. The highest BCUT2D eigenvalue weighted by Gasteiger charge is 2.58. The molecule has 0 aromatic heterocycles. The molecule has 4 fully saturated rings. The Balaban J connectivity index is 1.81. The van der Waals surface area contributed by atoms with Gasteiger partial charge in [-0.1, -0.05) is 20.8 Å². The van der Waals surface area contributed by atoms with E-state index in [0.717, 1.165) is 0 Å². The third-order valence-corrected chi connectivity index (χ3v) is 13.3. The lowest BCUT2D eigenvalue weighted by Crippen LogP contribution is -2.61. The molecule has 0 unspecified atom stereocenters. The summed E-state index contributed by atoms with van der Waals surface area (Å²) in [5.41, 5.74) is 2.08. The summed E-state index contributed by atoms with van der Waals surface area (Å²) in [4.78, 5) is 31.4. The number of aliphatic hydroxyl groups is 2. The van der Waals surface area contributed by atoms with Crippen molar-refractivity contribution in [3.8, 4) is 0 Å². The number of methoxy groups -OCH3 is 1. The summed E-state index contributed by atoms with van der Waals surface area (Å²) in [6.45, 7) is 20.1. The van der Waals surface area contributed by atoms with E-state index in [-0.39, 0.29) is 36.9 Å². The van der Waals surface area contributed by atoms with Gasteiger partial charge in [-0.05, 0) is 108 Å². The Labute approximate surface area is 346 Å². The second kappa shape index (κ2) is 20.0. The van der Waals surface area contributed by atoms with Crippen molar-refractivity contribution in [3.05, 3.63) is 0 Å². The quantitative estimate of drug-likeness (QED) is 0.203. The Kier molecular flexibility index (Phi) is 16.9. The van der Waals surface area contributed by atoms with E-state index in [4.69, 9.17) is 48.4 Å². The first-order valence-electron chi connectivity index (χ1n) is 21.4. The lowest BCUT2D eigenvalue weighted by molar-refractivity contribution is -0.320. The van der Waals surface area contributed by atoms with Gasteiger partial charge in [0.1, 0.15) is 18.3 Å². The molecule has 338 valence electrons. The van der Waals surface area contributed by atoms with E-state index in [0.29, 0.717) is 39.0 Å². The van der Waals surface area contributed by atoms with Gasteiger partial charge in [0.15, 0.2) is 24.3 Å². The molecule has 58 heavy (non-hydrogen) atoms. The molecule has 18 atom stereocenters. The number of nitrogens with two attached hydrogens (primary N) is 1. The highest BCUT2D eigenvalue weighted by atomic mass is 16.8. The van der Waals surface area contributed by atoms with Crippen LogP contribution in [0.15, 0.2) is 0 Å². The van der Waals surface area contributed by atoms with Gasteiger partial charge in [-0.2, -0.15) is 0 Å². The average molecular weight is 832 g/mol. The number of fused-ring (bicyclic) bond motifs is 1. The van der Waals surface area contributed by atoms with Gasteiger partial charge < -0.3 is 63.5 Å². The molecule has 0 bridgehead atoms. The zero-order chi connectivity index (χ0) is 43.5. The van der Waals surface area contributed by atoms with E-state index in [2.05, 4.69) is 4.90 Å². The Morgan fingerprint density at radius 2 is 1.66 bits per heavy atom. The van der Waals surface area contributed by atoms with Crippen LogP contribution in [0.2, 0.25) is 0 Å². The highest BCUT2D eigenvalue weighted by molar-refractivity contribution is 5.73. The number of carbonyl (C=O) groups is 2. The van der Waals surface area contributed by atoms with Crippen LogP contribution in [0.5, 0.6) is 0 Å². The number of likely N-dealkylation sites (N-methyl/N-ethyl adjacent to an activating group) is 2. The monoisotopic (exact) mass is 832 g/mol. The van der Waals surface area contributed by atoms with Crippen LogP contribution in [0.25, 0.3) is 0 Å². The molecule has 4 aliphatic rings. The highest BCUT2D eigenvalue weighted by Crippen LogP contribution is 2.42. The summed E-state index contributed by atoms with van der Waals surface area (Å²) in [7, 11) is 7.35. The number of hydrogen-bond acceptors (Lipinski definition) is 16. The fourth-order valence-corrected chi connectivity index (χ4v) is 9.94. The predicted molar refractivity (Wildman–Crippen MR) is 215 cm³/mol. The molecule has 4 rings (SSSR count). The van der Waals surface area contributed by atoms with Crippen LogP contribution in [0.3, 0.4) is 0 Å². The maximum absolute atomic E-state index is 14.6. The fourth-order valence-electron chi connectivity index (χ4n) is 9.94. The molecule has 4 N–H and O–H groups in total. The van der Waals surface area contributed by atoms with Crippen LogP contribution in [0.1, 0.15) is 101 Å². The summed E-state index contributed by atoms with van der Waals surface area (Å²) in [6, 6.07) is -0.613. The van der Waals surface area contributed by atoms with Gasteiger partial charge in [0, 0.05) is 44.7 Å². The number of esters is 1. The minimum atomic E-state index is -1.54. The lowest BCUT2D eigenvalue weighted by atomic mass is 9.77. The normalized spacial score (nSPS) is 46.4. The molecular formula is C42H77N3O13. The molecule has 0 radical (unpaired) electrons. The smallest absolute Gasteiger partial charge is 0.458 e. The van der Waals surface area contributed by atoms with Gasteiger partial charge in [-0.15, -0.1) is 0 Å². The van der Waals surface area contributed by atoms with Gasteiger partial charge >= 0.3 is 12.1 Å². The van der Waals surface area contributed by atoms with Gasteiger partial charge in [0.2, 0.25) is 0 Å². The topological polar surface area (TPSA) is 190 Å². The van der Waals surface area contributed by atoms with Crippen molar-refractivity contribution in [2.45, 2.75) is 192 Å². The number of aliphatic hydroxyl groups excluding tert-OH is 1. The zero-order valence-electron chi connectivity index (χ0n) is 37.7. The molecular weight excluding hydrogens is 754 g/mol. The summed E-state index contributed by atoms with van der Waals surface area (Å²) in [5.74, 6) is -2.41. The van der Waals surface area contributed by atoms with Crippen LogP contribution in [0, 0.1) is 17.8 Å². The van der Waals surface area contributed by atoms with Gasteiger partial charge in [0.05, 0.1) is 41.5 Å². The van der Waals surface area contributed by atoms with E-state index in [9.17, 15) is 19.8 Å². The minimum absolute atomic E-state index is 0.112. The minimum Gasteiger partial charge on any atom is -0.458 e. The van der Waals surface area contributed by atoms with Crippen molar-refractivity contribution in [2.24, 2.45) is 23.5 Å². The summed E-state index contributed by atoms with van der Waals surface area (Å²) >= 11 is 0. The molecule has 0 aliphatic carbocycles. The first kappa shape index (κ1) is 49.0. The Bertz CT molecular complexity index is 1340. The maximum Gasteiger partial charge on any atom is 0.509 e. The molecule has 0 aromatic rings. The van der Waals surface area contributed by atoms with Gasteiger partial charge in [-0.25, -0.2) is 4.79 Å². The summed E-state index contributed by atoms with van der Waals surface area (Å²) in [5, 5.41) is 24.4. The molecule has 0 saturated carbocycles. The van der Waals surface area contributed by atoms with Gasteiger partial charge in [0.25, 0.3) is 0 Å². The first-order chi connectivity index (χ1) is 27.0. The van der Waals surface area contributed by atoms with Crippen molar-refractivity contribution in [2.75, 3.05) is 47.9 Å². The van der Waals surface area contributed by atoms with Crippen LogP contribution >= 0.6 is 0 Å².